The average molecular weight is 475 g/mol. The molecule has 0 aliphatic heterocycles. The fraction of sp³-hybridized carbons (Fsp3) is 0.182. The van der Waals surface area contributed by atoms with Crippen molar-refractivity contribution in [2.24, 2.45) is 0 Å². The highest BCUT2D eigenvalue weighted by molar-refractivity contribution is 9.10. The first kappa shape index (κ1) is 19.2. The minimum absolute atomic E-state index is 0.900. The quantitative estimate of drug-likeness (QED) is 0.364. The topological polar surface area (TPSA) is 3.24 Å². The summed E-state index contributed by atoms with van der Waals surface area (Å²) in [5.41, 5.74) is 4.73. The van der Waals surface area contributed by atoms with Crippen LogP contribution in [0.5, 0.6) is 0 Å². The summed E-state index contributed by atoms with van der Waals surface area (Å²) in [7, 11) is 6.65. The Hall–Kier alpha value is -1.62. The zero-order chi connectivity index (χ0) is 18.7. The molecule has 0 spiro atoms. The van der Waals surface area contributed by atoms with E-state index in [1.165, 1.54) is 5.56 Å². The smallest absolute Gasteiger partial charge is 0.104 e. The van der Waals surface area contributed by atoms with Crippen LogP contribution < -0.4 is 4.90 Å². The predicted octanol–water partition coefficient (Wildman–Crippen LogP) is 6.89. The van der Waals surface area contributed by atoms with Crippen molar-refractivity contribution in [3.05, 3.63) is 87.3 Å². The summed E-state index contributed by atoms with van der Waals surface area (Å²) in [5, 5.41) is 0. The molecule has 3 rings (SSSR count). The molecular formula is C22H23Br2N2+. The lowest BCUT2D eigenvalue weighted by atomic mass is 10.1. The second-order valence-corrected chi connectivity index (χ2v) is 9.24. The maximum atomic E-state index is 3.61. The highest BCUT2D eigenvalue weighted by atomic mass is 79.9. The standard InChI is InChI=1S/C22H23Br2N2/c1-26(2,3)16-17-7-4-10-20(13-17)25(21-11-5-8-18(23)14-21)22-12-6-9-19(24)15-22/h4-15H,16H2,1-3H3/q+1. The van der Waals surface area contributed by atoms with E-state index >= 15 is 0 Å². The van der Waals surface area contributed by atoms with Gasteiger partial charge in [-0.05, 0) is 48.5 Å². The molecular weight excluding hydrogens is 452 g/mol. The Morgan fingerprint density at radius 3 is 1.62 bits per heavy atom. The van der Waals surface area contributed by atoms with Gasteiger partial charge in [-0.25, -0.2) is 0 Å². The highest BCUT2D eigenvalue weighted by Gasteiger charge is 2.15. The van der Waals surface area contributed by atoms with E-state index in [0.717, 1.165) is 37.0 Å². The maximum Gasteiger partial charge on any atom is 0.104 e. The average Bonchev–Trinajstić information content (AvgIpc) is 2.54. The molecule has 0 aliphatic carbocycles. The van der Waals surface area contributed by atoms with E-state index in [4.69, 9.17) is 0 Å². The molecule has 0 aromatic heterocycles. The van der Waals surface area contributed by atoms with Gasteiger partial charge in [-0.2, -0.15) is 0 Å². The largest absolute Gasteiger partial charge is 0.327 e. The van der Waals surface area contributed by atoms with Gasteiger partial charge < -0.3 is 9.38 Å². The van der Waals surface area contributed by atoms with Crippen molar-refractivity contribution in [2.45, 2.75) is 6.54 Å². The molecule has 0 aliphatic rings. The molecule has 0 amide bonds. The highest BCUT2D eigenvalue weighted by Crippen LogP contribution is 2.37. The van der Waals surface area contributed by atoms with Gasteiger partial charge >= 0.3 is 0 Å². The number of quaternary nitrogens is 1. The van der Waals surface area contributed by atoms with E-state index in [-0.39, 0.29) is 0 Å². The van der Waals surface area contributed by atoms with Crippen LogP contribution in [0.25, 0.3) is 0 Å². The molecule has 0 atom stereocenters. The van der Waals surface area contributed by atoms with Crippen molar-refractivity contribution in [1.29, 1.82) is 0 Å². The molecule has 0 bridgehead atoms. The normalized spacial score (nSPS) is 11.4. The van der Waals surface area contributed by atoms with Crippen molar-refractivity contribution < 1.29 is 4.48 Å². The van der Waals surface area contributed by atoms with Crippen LogP contribution in [0.4, 0.5) is 17.1 Å². The van der Waals surface area contributed by atoms with Gasteiger partial charge in [-0.1, -0.05) is 56.1 Å². The molecule has 0 heterocycles. The molecule has 26 heavy (non-hydrogen) atoms. The van der Waals surface area contributed by atoms with Crippen molar-refractivity contribution >= 4 is 48.9 Å². The summed E-state index contributed by atoms with van der Waals surface area (Å²) in [5.74, 6) is 0. The lowest BCUT2D eigenvalue weighted by molar-refractivity contribution is -0.884. The SMILES string of the molecule is C[N+](C)(C)Cc1cccc(N(c2cccc(Br)c2)c2cccc(Br)c2)c1. The third-order valence-corrected chi connectivity index (χ3v) is 4.94. The number of nitrogens with zero attached hydrogens (tertiary/aromatic N) is 2. The van der Waals surface area contributed by atoms with Crippen molar-refractivity contribution in [3.8, 4) is 0 Å². The number of halogens is 2. The van der Waals surface area contributed by atoms with E-state index in [2.05, 4.69) is 131 Å². The molecule has 4 heteroatoms. The minimum atomic E-state index is 0.900. The van der Waals surface area contributed by atoms with E-state index in [9.17, 15) is 0 Å². The number of hydrogen-bond acceptors (Lipinski definition) is 1. The van der Waals surface area contributed by atoms with E-state index in [1.54, 1.807) is 0 Å². The Morgan fingerprint density at radius 1 is 0.692 bits per heavy atom. The minimum Gasteiger partial charge on any atom is -0.327 e. The van der Waals surface area contributed by atoms with Crippen LogP contribution >= 0.6 is 31.9 Å². The Morgan fingerprint density at radius 2 is 1.15 bits per heavy atom. The van der Waals surface area contributed by atoms with E-state index < -0.39 is 0 Å². The second-order valence-electron chi connectivity index (χ2n) is 7.41. The first-order valence-electron chi connectivity index (χ1n) is 8.52. The molecule has 0 unspecified atom stereocenters. The van der Waals surface area contributed by atoms with Crippen LogP contribution in [0, 0.1) is 0 Å². The number of anilines is 3. The summed E-state index contributed by atoms with van der Waals surface area (Å²) in [6, 6.07) is 25.6. The van der Waals surface area contributed by atoms with E-state index in [1.807, 2.05) is 0 Å². The molecule has 0 saturated heterocycles. The summed E-state index contributed by atoms with van der Waals surface area (Å²) >= 11 is 7.21. The van der Waals surface area contributed by atoms with E-state index in [0.29, 0.717) is 0 Å². The molecule has 3 aromatic carbocycles. The van der Waals surface area contributed by atoms with Crippen LogP contribution in [0.1, 0.15) is 5.56 Å². The fourth-order valence-electron chi connectivity index (χ4n) is 3.02. The number of rotatable bonds is 5. The zero-order valence-electron chi connectivity index (χ0n) is 15.3. The van der Waals surface area contributed by atoms with Crippen LogP contribution in [-0.2, 0) is 6.54 Å². The molecule has 0 saturated carbocycles. The lowest BCUT2D eigenvalue weighted by Gasteiger charge is -2.28. The molecule has 0 N–H and O–H groups in total. The van der Waals surface area contributed by atoms with Crippen molar-refractivity contribution in [3.63, 3.8) is 0 Å². The van der Waals surface area contributed by atoms with Crippen LogP contribution in [-0.4, -0.2) is 25.6 Å². The number of hydrogen-bond donors (Lipinski definition) is 0. The Kier molecular flexibility index (Phi) is 5.86. The first-order valence-corrected chi connectivity index (χ1v) is 10.1. The third-order valence-electron chi connectivity index (χ3n) is 3.96. The molecule has 134 valence electrons. The Bertz CT molecular complexity index is 855. The zero-order valence-corrected chi connectivity index (χ0v) is 18.5. The number of benzene rings is 3. The monoisotopic (exact) mass is 473 g/mol. The van der Waals surface area contributed by atoms with Crippen molar-refractivity contribution in [2.75, 3.05) is 26.0 Å². The van der Waals surface area contributed by atoms with Gasteiger partial charge in [0.25, 0.3) is 0 Å². The van der Waals surface area contributed by atoms with Gasteiger partial charge in [0.05, 0.1) is 21.1 Å². The van der Waals surface area contributed by atoms with Gasteiger partial charge in [-0.3, -0.25) is 0 Å². The van der Waals surface area contributed by atoms with Gasteiger partial charge in [-0.15, -0.1) is 0 Å². The first-order chi connectivity index (χ1) is 12.3. The fourth-order valence-corrected chi connectivity index (χ4v) is 3.79. The molecule has 3 aromatic rings. The summed E-state index contributed by atoms with van der Waals surface area (Å²) in [6.07, 6.45) is 0. The summed E-state index contributed by atoms with van der Waals surface area (Å²) in [6.45, 7) is 0.985. The summed E-state index contributed by atoms with van der Waals surface area (Å²) < 4.78 is 3.03. The lowest BCUT2D eigenvalue weighted by Crippen LogP contribution is -2.33. The van der Waals surface area contributed by atoms with Crippen LogP contribution in [0.15, 0.2) is 81.7 Å². The Balaban J connectivity index is 2.11. The second kappa shape index (κ2) is 7.95. The van der Waals surface area contributed by atoms with Gasteiger partial charge in [0.2, 0.25) is 0 Å². The van der Waals surface area contributed by atoms with Crippen molar-refractivity contribution in [1.82, 2.24) is 0 Å². The molecule has 0 radical (unpaired) electrons. The Labute approximate surface area is 172 Å². The van der Waals surface area contributed by atoms with Crippen LogP contribution in [0.3, 0.4) is 0 Å². The van der Waals surface area contributed by atoms with Gasteiger partial charge in [0.15, 0.2) is 0 Å². The predicted molar refractivity (Wildman–Crippen MR) is 118 cm³/mol. The van der Waals surface area contributed by atoms with Gasteiger partial charge in [0, 0.05) is 31.6 Å². The van der Waals surface area contributed by atoms with Gasteiger partial charge in [0.1, 0.15) is 6.54 Å². The summed E-state index contributed by atoms with van der Waals surface area (Å²) in [4.78, 5) is 2.29. The third kappa shape index (κ3) is 4.97. The molecule has 0 fully saturated rings. The van der Waals surface area contributed by atoms with Crippen LogP contribution in [0.2, 0.25) is 0 Å². The molecule has 2 nitrogen and oxygen atoms in total. The maximum absolute atomic E-state index is 3.61.